The molecule has 0 radical (unpaired) electrons. The lowest BCUT2D eigenvalue weighted by molar-refractivity contribution is 0.349. The molecule has 0 unspecified atom stereocenters. The van der Waals surface area contributed by atoms with Gasteiger partial charge in [-0.2, -0.15) is 0 Å². The number of nitrogens with one attached hydrogen (secondary N) is 1. The minimum Gasteiger partial charge on any atom is -0.464 e. The summed E-state index contributed by atoms with van der Waals surface area (Å²) in [6.07, 6.45) is 1.85. The van der Waals surface area contributed by atoms with Gasteiger partial charge >= 0.3 is 0 Å². The summed E-state index contributed by atoms with van der Waals surface area (Å²) in [6.45, 7) is 6.21. The Bertz CT molecular complexity index is 464. The first-order valence-electron chi connectivity index (χ1n) is 6.15. The number of likely N-dealkylation sites (N-methyl/N-ethyl adjacent to an activating group) is 1. The van der Waals surface area contributed by atoms with Gasteiger partial charge in [0.05, 0.1) is 6.26 Å². The van der Waals surface area contributed by atoms with Crippen LogP contribution < -0.4 is 5.32 Å². The normalized spacial score (nSPS) is 11.5. The standard InChI is InChI=1S/C14H20N2O/c1-3-16(2)9-8-15-10-12-11-17-14-7-5-4-6-13(12)14/h4-7,11,15H,3,8-10H2,1-2H3. The maximum absolute atomic E-state index is 5.50. The molecule has 0 spiro atoms. The second kappa shape index (κ2) is 5.84. The fraction of sp³-hybridized carbons (Fsp3) is 0.429. The van der Waals surface area contributed by atoms with E-state index >= 15 is 0 Å². The zero-order valence-corrected chi connectivity index (χ0v) is 10.6. The Morgan fingerprint density at radius 3 is 2.94 bits per heavy atom. The van der Waals surface area contributed by atoms with Crippen molar-refractivity contribution in [1.82, 2.24) is 10.2 Å². The van der Waals surface area contributed by atoms with Gasteiger partial charge in [-0.1, -0.05) is 25.1 Å². The van der Waals surface area contributed by atoms with Crippen LogP contribution in [0.15, 0.2) is 34.9 Å². The lowest BCUT2D eigenvalue weighted by atomic mass is 10.2. The average molecular weight is 232 g/mol. The predicted molar refractivity (Wildman–Crippen MR) is 71.1 cm³/mol. The Hall–Kier alpha value is -1.32. The van der Waals surface area contributed by atoms with E-state index in [1.165, 1.54) is 10.9 Å². The molecule has 0 fully saturated rings. The molecule has 3 nitrogen and oxygen atoms in total. The van der Waals surface area contributed by atoms with E-state index < -0.39 is 0 Å². The zero-order valence-electron chi connectivity index (χ0n) is 10.6. The predicted octanol–water partition coefficient (Wildman–Crippen LogP) is 2.47. The maximum Gasteiger partial charge on any atom is 0.134 e. The van der Waals surface area contributed by atoms with Crippen LogP contribution in [0.1, 0.15) is 12.5 Å². The van der Waals surface area contributed by atoms with Crippen molar-refractivity contribution in [3.05, 3.63) is 36.1 Å². The summed E-state index contributed by atoms with van der Waals surface area (Å²) in [5.41, 5.74) is 2.20. The van der Waals surface area contributed by atoms with E-state index in [2.05, 4.69) is 30.3 Å². The number of rotatable bonds is 6. The van der Waals surface area contributed by atoms with Crippen LogP contribution in [0.4, 0.5) is 0 Å². The van der Waals surface area contributed by atoms with Crippen molar-refractivity contribution in [2.75, 3.05) is 26.7 Å². The van der Waals surface area contributed by atoms with Gasteiger partial charge in [0, 0.05) is 30.6 Å². The summed E-state index contributed by atoms with van der Waals surface area (Å²) in [4.78, 5) is 2.29. The molecule has 0 saturated carbocycles. The third-order valence-electron chi connectivity index (χ3n) is 3.09. The summed E-state index contributed by atoms with van der Waals surface area (Å²) in [7, 11) is 2.13. The van der Waals surface area contributed by atoms with E-state index in [0.717, 1.165) is 31.8 Å². The largest absolute Gasteiger partial charge is 0.464 e. The highest BCUT2D eigenvalue weighted by Gasteiger charge is 2.03. The van der Waals surface area contributed by atoms with Crippen molar-refractivity contribution in [3.63, 3.8) is 0 Å². The van der Waals surface area contributed by atoms with Crippen molar-refractivity contribution in [3.8, 4) is 0 Å². The lowest BCUT2D eigenvalue weighted by Crippen LogP contribution is -2.28. The lowest BCUT2D eigenvalue weighted by Gasteiger charge is -2.13. The summed E-state index contributed by atoms with van der Waals surface area (Å²) in [6, 6.07) is 8.16. The van der Waals surface area contributed by atoms with Gasteiger partial charge in [0.1, 0.15) is 5.58 Å². The SMILES string of the molecule is CCN(C)CCNCc1coc2ccccc12. The van der Waals surface area contributed by atoms with E-state index in [9.17, 15) is 0 Å². The van der Waals surface area contributed by atoms with E-state index in [1.54, 1.807) is 0 Å². The molecular formula is C14H20N2O. The molecule has 2 rings (SSSR count). The number of fused-ring (bicyclic) bond motifs is 1. The quantitative estimate of drug-likeness (QED) is 0.776. The minimum atomic E-state index is 0.870. The summed E-state index contributed by atoms with van der Waals surface area (Å²) in [5.74, 6) is 0. The third kappa shape index (κ3) is 3.08. The highest BCUT2D eigenvalue weighted by atomic mass is 16.3. The van der Waals surface area contributed by atoms with Crippen LogP contribution in [-0.2, 0) is 6.54 Å². The van der Waals surface area contributed by atoms with E-state index in [0.29, 0.717) is 0 Å². The summed E-state index contributed by atoms with van der Waals surface area (Å²) >= 11 is 0. The van der Waals surface area contributed by atoms with Crippen LogP contribution in [0, 0.1) is 0 Å². The van der Waals surface area contributed by atoms with E-state index in [4.69, 9.17) is 4.42 Å². The molecule has 1 aromatic carbocycles. The second-order valence-electron chi connectivity index (χ2n) is 4.33. The van der Waals surface area contributed by atoms with Gasteiger partial charge in [0.15, 0.2) is 0 Å². The smallest absolute Gasteiger partial charge is 0.134 e. The molecule has 2 aromatic rings. The molecule has 0 aliphatic rings. The van der Waals surface area contributed by atoms with Crippen LogP contribution in [0.3, 0.4) is 0 Å². The second-order valence-corrected chi connectivity index (χ2v) is 4.33. The van der Waals surface area contributed by atoms with Gasteiger partial charge in [0.2, 0.25) is 0 Å². The number of furan rings is 1. The van der Waals surface area contributed by atoms with Gasteiger partial charge in [-0.3, -0.25) is 0 Å². The number of nitrogens with zero attached hydrogens (tertiary/aromatic N) is 1. The number of hydrogen-bond acceptors (Lipinski definition) is 3. The molecule has 0 aliphatic carbocycles. The van der Waals surface area contributed by atoms with Crippen molar-refractivity contribution in [2.45, 2.75) is 13.5 Å². The third-order valence-corrected chi connectivity index (χ3v) is 3.09. The average Bonchev–Trinajstić information content (AvgIpc) is 2.78. The molecule has 0 atom stereocenters. The van der Waals surface area contributed by atoms with Gasteiger partial charge in [-0.15, -0.1) is 0 Å². The van der Waals surface area contributed by atoms with Crippen molar-refractivity contribution in [1.29, 1.82) is 0 Å². The molecule has 0 amide bonds. The Morgan fingerprint density at radius 2 is 2.12 bits per heavy atom. The first-order chi connectivity index (χ1) is 8.31. The molecule has 0 aliphatic heterocycles. The van der Waals surface area contributed by atoms with Gasteiger partial charge in [0.25, 0.3) is 0 Å². The fourth-order valence-electron chi connectivity index (χ4n) is 1.82. The van der Waals surface area contributed by atoms with Crippen LogP contribution in [-0.4, -0.2) is 31.6 Å². The molecule has 92 valence electrons. The first kappa shape index (κ1) is 12.1. The zero-order chi connectivity index (χ0) is 12.1. The summed E-state index contributed by atoms with van der Waals surface area (Å²) < 4.78 is 5.50. The van der Waals surface area contributed by atoms with E-state index in [-0.39, 0.29) is 0 Å². The monoisotopic (exact) mass is 232 g/mol. The van der Waals surface area contributed by atoms with E-state index in [1.807, 2.05) is 24.5 Å². The van der Waals surface area contributed by atoms with Gasteiger partial charge < -0.3 is 14.6 Å². The highest BCUT2D eigenvalue weighted by molar-refractivity contribution is 5.80. The van der Waals surface area contributed by atoms with Crippen LogP contribution in [0.5, 0.6) is 0 Å². The molecular weight excluding hydrogens is 212 g/mol. The Kier molecular flexibility index (Phi) is 4.18. The Labute approximate surface area is 102 Å². The molecule has 0 saturated heterocycles. The maximum atomic E-state index is 5.50. The Morgan fingerprint density at radius 1 is 1.29 bits per heavy atom. The van der Waals surface area contributed by atoms with Crippen molar-refractivity contribution < 1.29 is 4.42 Å². The molecule has 1 aromatic heterocycles. The molecule has 1 N–H and O–H groups in total. The topological polar surface area (TPSA) is 28.4 Å². The Balaban J connectivity index is 1.87. The molecule has 3 heteroatoms. The fourth-order valence-corrected chi connectivity index (χ4v) is 1.82. The number of hydrogen-bond donors (Lipinski definition) is 1. The summed E-state index contributed by atoms with van der Waals surface area (Å²) in [5, 5.41) is 4.66. The first-order valence-corrected chi connectivity index (χ1v) is 6.15. The van der Waals surface area contributed by atoms with Gasteiger partial charge in [-0.05, 0) is 19.7 Å². The van der Waals surface area contributed by atoms with Crippen molar-refractivity contribution in [2.24, 2.45) is 0 Å². The van der Waals surface area contributed by atoms with Crippen LogP contribution >= 0.6 is 0 Å². The highest BCUT2D eigenvalue weighted by Crippen LogP contribution is 2.20. The molecule has 17 heavy (non-hydrogen) atoms. The number of benzene rings is 1. The van der Waals surface area contributed by atoms with Crippen LogP contribution in [0.2, 0.25) is 0 Å². The molecule has 1 heterocycles. The minimum absolute atomic E-state index is 0.870. The van der Waals surface area contributed by atoms with Crippen LogP contribution in [0.25, 0.3) is 11.0 Å². The van der Waals surface area contributed by atoms with Gasteiger partial charge in [-0.25, -0.2) is 0 Å². The number of para-hydroxylation sites is 1. The van der Waals surface area contributed by atoms with Crippen molar-refractivity contribution >= 4 is 11.0 Å². The molecule has 0 bridgehead atoms.